The van der Waals surface area contributed by atoms with Gasteiger partial charge in [-0.3, -0.25) is 4.79 Å². The number of unbranched alkanes of at least 4 members (excludes halogenated alkanes) is 1. The molecule has 1 unspecified atom stereocenters. The summed E-state index contributed by atoms with van der Waals surface area (Å²) in [7, 11) is 0. The summed E-state index contributed by atoms with van der Waals surface area (Å²) in [6.45, 7) is 2.12. The summed E-state index contributed by atoms with van der Waals surface area (Å²) in [6, 6.07) is 0. The van der Waals surface area contributed by atoms with Gasteiger partial charge in [0.15, 0.2) is 0 Å². The van der Waals surface area contributed by atoms with Gasteiger partial charge in [0.25, 0.3) is 0 Å². The Morgan fingerprint density at radius 3 is 2.94 bits per heavy atom. The first-order chi connectivity index (χ1) is 7.58. The number of carboxylic acid groups (broad SMARTS) is 1. The van der Waals surface area contributed by atoms with E-state index in [2.05, 4.69) is 10.3 Å². The van der Waals surface area contributed by atoms with Gasteiger partial charge in [-0.15, -0.1) is 5.10 Å². The zero-order chi connectivity index (χ0) is 12.0. The molecule has 90 valence electrons. The van der Waals surface area contributed by atoms with Crippen LogP contribution in [-0.2, 0) is 17.8 Å². The Morgan fingerprint density at radius 1 is 1.56 bits per heavy atom. The van der Waals surface area contributed by atoms with Crippen molar-refractivity contribution in [1.82, 2.24) is 15.0 Å². The highest BCUT2D eigenvalue weighted by molar-refractivity contribution is 5.66. The zero-order valence-corrected chi connectivity index (χ0v) is 9.33. The van der Waals surface area contributed by atoms with E-state index in [0.717, 1.165) is 18.5 Å². The third kappa shape index (κ3) is 4.88. The minimum atomic E-state index is -0.766. The second-order valence-electron chi connectivity index (χ2n) is 3.88. The number of rotatable bonds is 7. The van der Waals surface area contributed by atoms with Crippen LogP contribution >= 0.6 is 0 Å². The quantitative estimate of drug-likeness (QED) is 0.660. The highest BCUT2D eigenvalue weighted by Gasteiger charge is 2.04. The van der Waals surface area contributed by atoms with E-state index < -0.39 is 12.1 Å². The lowest BCUT2D eigenvalue weighted by atomic mass is 10.1. The Bertz CT molecular complexity index is 336. The van der Waals surface area contributed by atoms with Crippen LogP contribution in [-0.4, -0.2) is 37.3 Å². The molecule has 2 N–H and O–H groups in total. The Kier molecular flexibility index (Phi) is 4.91. The molecule has 1 rings (SSSR count). The molecule has 6 nitrogen and oxygen atoms in total. The number of carboxylic acids is 1. The van der Waals surface area contributed by atoms with E-state index >= 15 is 0 Å². The number of aliphatic hydroxyl groups is 1. The van der Waals surface area contributed by atoms with Gasteiger partial charge in [-0.05, 0) is 26.2 Å². The van der Waals surface area contributed by atoms with Gasteiger partial charge in [-0.2, -0.15) is 0 Å². The summed E-state index contributed by atoms with van der Waals surface area (Å²) < 4.78 is 1.59. The van der Waals surface area contributed by atoms with Crippen LogP contribution in [0.15, 0.2) is 6.20 Å². The second-order valence-corrected chi connectivity index (χ2v) is 3.88. The predicted molar refractivity (Wildman–Crippen MR) is 56.9 cm³/mol. The number of nitrogens with zero attached hydrogens (tertiary/aromatic N) is 3. The third-order valence-electron chi connectivity index (χ3n) is 2.11. The lowest BCUT2D eigenvalue weighted by Gasteiger charge is -2.01. The lowest BCUT2D eigenvalue weighted by molar-refractivity contribution is -0.137. The summed E-state index contributed by atoms with van der Waals surface area (Å²) in [6.07, 6.45) is 3.71. The molecule has 0 spiro atoms. The molecule has 1 aromatic heterocycles. The molecule has 0 saturated carbocycles. The lowest BCUT2D eigenvalue weighted by Crippen LogP contribution is -2.11. The maximum Gasteiger partial charge on any atom is 0.303 e. The number of carbonyl (C=O) groups is 1. The predicted octanol–water partition coefficient (Wildman–Crippen LogP) is 0.456. The van der Waals surface area contributed by atoms with Crippen molar-refractivity contribution in [1.29, 1.82) is 0 Å². The smallest absolute Gasteiger partial charge is 0.303 e. The molecule has 0 aromatic carbocycles. The van der Waals surface area contributed by atoms with E-state index in [9.17, 15) is 4.79 Å². The van der Waals surface area contributed by atoms with E-state index in [1.165, 1.54) is 0 Å². The normalized spacial score (nSPS) is 12.6. The fourth-order valence-electron chi connectivity index (χ4n) is 1.40. The molecule has 0 saturated heterocycles. The molecule has 0 aliphatic carbocycles. The van der Waals surface area contributed by atoms with Crippen molar-refractivity contribution >= 4 is 5.97 Å². The summed E-state index contributed by atoms with van der Waals surface area (Å²) in [5.74, 6) is -0.766. The van der Waals surface area contributed by atoms with Gasteiger partial charge in [-0.25, -0.2) is 4.68 Å². The van der Waals surface area contributed by atoms with E-state index in [-0.39, 0.29) is 6.42 Å². The van der Waals surface area contributed by atoms with E-state index in [0.29, 0.717) is 13.0 Å². The van der Waals surface area contributed by atoms with Crippen LogP contribution in [0.5, 0.6) is 0 Å². The Labute approximate surface area is 93.9 Å². The maximum atomic E-state index is 10.3. The first-order valence-electron chi connectivity index (χ1n) is 5.37. The van der Waals surface area contributed by atoms with Crippen molar-refractivity contribution in [3.63, 3.8) is 0 Å². The van der Waals surface area contributed by atoms with E-state index in [1.807, 2.05) is 0 Å². The average molecular weight is 227 g/mol. The van der Waals surface area contributed by atoms with Crippen LogP contribution in [0.1, 0.15) is 31.9 Å². The van der Waals surface area contributed by atoms with Crippen molar-refractivity contribution in [2.45, 2.75) is 45.3 Å². The molecule has 0 amide bonds. The number of aliphatic hydroxyl groups excluding tert-OH is 1. The van der Waals surface area contributed by atoms with Crippen LogP contribution < -0.4 is 0 Å². The van der Waals surface area contributed by atoms with Crippen molar-refractivity contribution in [3.8, 4) is 0 Å². The van der Waals surface area contributed by atoms with E-state index in [4.69, 9.17) is 10.2 Å². The second kappa shape index (κ2) is 6.22. The largest absolute Gasteiger partial charge is 0.481 e. The van der Waals surface area contributed by atoms with Crippen LogP contribution in [0.3, 0.4) is 0 Å². The van der Waals surface area contributed by atoms with E-state index in [1.54, 1.807) is 17.8 Å². The molecular weight excluding hydrogens is 210 g/mol. The Balaban J connectivity index is 2.26. The van der Waals surface area contributed by atoms with Gasteiger partial charge in [0.2, 0.25) is 0 Å². The molecule has 0 aliphatic heterocycles. The van der Waals surface area contributed by atoms with Crippen LogP contribution in [0.4, 0.5) is 0 Å². The summed E-state index contributed by atoms with van der Waals surface area (Å²) in [4.78, 5) is 10.3. The van der Waals surface area contributed by atoms with Gasteiger partial charge in [0, 0.05) is 12.6 Å². The standard InChI is InChI=1S/C10H17N3O3/c1-8(14)6-13-7-9(11-12-13)4-2-3-5-10(15)16/h7-8,14H,2-6H2,1H3,(H,15,16). The topological polar surface area (TPSA) is 88.2 Å². The minimum Gasteiger partial charge on any atom is -0.481 e. The van der Waals surface area contributed by atoms with Crippen molar-refractivity contribution in [2.24, 2.45) is 0 Å². The molecule has 0 bridgehead atoms. The van der Waals surface area contributed by atoms with Crippen molar-refractivity contribution < 1.29 is 15.0 Å². The SMILES string of the molecule is CC(O)Cn1cc(CCCCC(=O)O)nn1. The fraction of sp³-hybridized carbons (Fsp3) is 0.700. The summed E-state index contributed by atoms with van der Waals surface area (Å²) in [5.41, 5.74) is 0.839. The van der Waals surface area contributed by atoms with Crippen molar-refractivity contribution in [2.75, 3.05) is 0 Å². The highest BCUT2D eigenvalue weighted by Crippen LogP contribution is 2.03. The average Bonchev–Trinajstić information content (AvgIpc) is 2.59. The summed E-state index contributed by atoms with van der Waals surface area (Å²) >= 11 is 0. The molecule has 1 atom stereocenters. The molecular formula is C10H17N3O3. The van der Waals surface area contributed by atoms with Crippen LogP contribution in [0, 0.1) is 0 Å². The maximum absolute atomic E-state index is 10.3. The molecule has 1 aromatic rings. The minimum absolute atomic E-state index is 0.196. The van der Waals surface area contributed by atoms with Crippen LogP contribution in [0.2, 0.25) is 0 Å². The van der Waals surface area contributed by atoms with Gasteiger partial charge in [0.05, 0.1) is 18.3 Å². The fourth-order valence-corrected chi connectivity index (χ4v) is 1.40. The van der Waals surface area contributed by atoms with Gasteiger partial charge in [0.1, 0.15) is 0 Å². The number of hydrogen-bond acceptors (Lipinski definition) is 4. The molecule has 6 heteroatoms. The molecule has 0 radical (unpaired) electrons. The highest BCUT2D eigenvalue weighted by atomic mass is 16.4. The molecule has 16 heavy (non-hydrogen) atoms. The Morgan fingerprint density at radius 2 is 2.31 bits per heavy atom. The molecule has 0 aliphatic rings. The number of aromatic nitrogens is 3. The number of aliphatic carboxylic acids is 1. The number of aryl methyl sites for hydroxylation is 1. The van der Waals surface area contributed by atoms with Crippen molar-refractivity contribution in [3.05, 3.63) is 11.9 Å². The van der Waals surface area contributed by atoms with Gasteiger partial charge < -0.3 is 10.2 Å². The third-order valence-corrected chi connectivity index (χ3v) is 2.11. The van der Waals surface area contributed by atoms with Gasteiger partial charge >= 0.3 is 5.97 Å². The molecule has 0 fully saturated rings. The van der Waals surface area contributed by atoms with Crippen LogP contribution in [0.25, 0.3) is 0 Å². The van der Waals surface area contributed by atoms with Gasteiger partial charge in [-0.1, -0.05) is 5.21 Å². The first-order valence-corrected chi connectivity index (χ1v) is 5.37. The summed E-state index contributed by atoms with van der Waals surface area (Å²) in [5, 5.41) is 25.4. The number of hydrogen-bond donors (Lipinski definition) is 2. The monoisotopic (exact) mass is 227 g/mol. The molecule has 1 heterocycles. The first kappa shape index (κ1) is 12.6. The zero-order valence-electron chi connectivity index (χ0n) is 9.33. The Hall–Kier alpha value is -1.43.